The summed E-state index contributed by atoms with van der Waals surface area (Å²) >= 11 is 0. The van der Waals surface area contributed by atoms with Gasteiger partial charge in [-0.25, -0.2) is 0 Å². The lowest BCUT2D eigenvalue weighted by molar-refractivity contribution is -0.125. The van der Waals surface area contributed by atoms with Crippen molar-refractivity contribution in [1.29, 1.82) is 0 Å². The molecule has 1 heterocycles. The molecule has 1 aliphatic heterocycles. The molecule has 1 aliphatic carbocycles. The molecule has 0 radical (unpaired) electrons. The Kier molecular flexibility index (Phi) is 3.29. The Hall–Kier alpha value is -0.570. The monoisotopic (exact) mass is 210 g/mol. The predicted molar refractivity (Wildman–Crippen MR) is 60.6 cm³/mol. The highest BCUT2D eigenvalue weighted by Gasteiger charge is 2.36. The van der Waals surface area contributed by atoms with Crippen molar-refractivity contribution in [3.8, 4) is 0 Å². The summed E-state index contributed by atoms with van der Waals surface area (Å²) < 4.78 is 0. The van der Waals surface area contributed by atoms with Crippen LogP contribution in [0.5, 0.6) is 0 Å². The Morgan fingerprint density at radius 3 is 2.80 bits per heavy atom. The molecule has 1 unspecified atom stereocenters. The summed E-state index contributed by atoms with van der Waals surface area (Å²) in [6.07, 6.45) is 6.60. The third-order valence-corrected chi connectivity index (χ3v) is 4.03. The minimum atomic E-state index is 0.170. The summed E-state index contributed by atoms with van der Waals surface area (Å²) in [6.45, 7) is 4.28. The Labute approximate surface area is 92.0 Å². The van der Waals surface area contributed by atoms with Gasteiger partial charge in [0.25, 0.3) is 0 Å². The number of carbonyl (C=O) groups excluding carboxylic acids is 1. The summed E-state index contributed by atoms with van der Waals surface area (Å²) in [5, 5.41) is 6.54. The van der Waals surface area contributed by atoms with E-state index in [0.717, 1.165) is 32.4 Å². The fourth-order valence-electron chi connectivity index (χ4n) is 2.67. The van der Waals surface area contributed by atoms with Crippen LogP contribution in [0.4, 0.5) is 0 Å². The van der Waals surface area contributed by atoms with Crippen molar-refractivity contribution in [2.45, 2.75) is 51.0 Å². The highest BCUT2D eigenvalue weighted by Crippen LogP contribution is 2.34. The first-order valence-corrected chi connectivity index (χ1v) is 6.26. The van der Waals surface area contributed by atoms with Crippen molar-refractivity contribution in [3.63, 3.8) is 0 Å². The molecular weight excluding hydrogens is 188 g/mol. The van der Waals surface area contributed by atoms with E-state index < -0.39 is 0 Å². The summed E-state index contributed by atoms with van der Waals surface area (Å²) in [4.78, 5) is 11.8. The molecular formula is C12H22N2O. The molecule has 86 valence electrons. The number of carbonyl (C=O) groups is 1. The van der Waals surface area contributed by atoms with E-state index in [1.165, 1.54) is 19.3 Å². The van der Waals surface area contributed by atoms with Crippen LogP contribution in [-0.4, -0.2) is 24.5 Å². The van der Waals surface area contributed by atoms with E-state index in [9.17, 15) is 4.79 Å². The minimum absolute atomic E-state index is 0.170. The maximum absolute atomic E-state index is 11.8. The molecule has 1 amide bonds. The first kappa shape index (κ1) is 10.9. The van der Waals surface area contributed by atoms with E-state index in [1.807, 2.05) is 0 Å². The van der Waals surface area contributed by atoms with Gasteiger partial charge in [-0.2, -0.15) is 0 Å². The molecule has 15 heavy (non-hydrogen) atoms. The zero-order valence-electron chi connectivity index (χ0n) is 9.64. The minimum Gasteiger partial charge on any atom is -0.351 e. The van der Waals surface area contributed by atoms with Gasteiger partial charge in [-0.3, -0.25) is 4.79 Å². The van der Waals surface area contributed by atoms with Crippen molar-refractivity contribution in [3.05, 3.63) is 0 Å². The summed E-state index contributed by atoms with van der Waals surface area (Å²) in [5.74, 6) is 0.837. The molecule has 1 atom stereocenters. The molecule has 3 nitrogen and oxygen atoms in total. The third-order valence-electron chi connectivity index (χ3n) is 4.03. The largest absolute Gasteiger partial charge is 0.351 e. The van der Waals surface area contributed by atoms with E-state index in [-0.39, 0.29) is 11.4 Å². The van der Waals surface area contributed by atoms with Gasteiger partial charge in [0.15, 0.2) is 0 Å². The van der Waals surface area contributed by atoms with Gasteiger partial charge in [0, 0.05) is 12.0 Å². The SMILES string of the molecule is CCC1(NC(=O)CC2CCNC2)CCC1. The van der Waals surface area contributed by atoms with Crippen LogP contribution in [0.25, 0.3) is 0 Å². The predicted octanol–water partition coefficient (Wildman–Crippen LogP) is 1.43. The van der Waals surface area contributed by atoms with Crippen LogP contribution in [0.1, 0.15) is 45.4 Å². The van der Waals surface area contributed by atoms with Crippen molar-refractivity contribution in [2.24, 2.45) is 5.92 Å². The summed E-state index contributed by atoms with van der Waals surface area (Å²) in [6, 6.07) is 0. The van der Waals surface area contributed by atoms with Crippen LogP contribution >= 0.6 is 0 Å². The second kappa shape index (κ2) is 4.52. The quantitative estimate of drug-likeness (QED) is 0.737. The van der Waals surface area contributed by atoms with Crippen molar-refractivity contribution < 1.29 is 4.79 Å². The molecule has 1 saturated carbocycles. The van der Waals surface area contributed by atoms with Gasteiger partial charge in [-0.15, -0.1) is 0 Å². The standard InChI is InChI=1S/C12H22N2O/c1-2-12(5-3-6-12)14-11(15)8-10-4-7-13-9-10/h10,13H,2-9H2,1H3,(H,14,15). The highest BCUT2D eigenvalue weighted by atomic mass is 16.1. The van der Waals surface area contributed by atoms with Gasteiger partial charge in [-0.05, 0) is 51.1 Å². The topological polar surface area (TPSA) is 41.1 Å². The Morgan fingerprint density at radius 1 is 1.53 bits per heavy atom. The van der Waals surface area contributed by atoms with Crippen molar-refractivity contribution in [1.82, 2.24) is 10.6 Å². The third kappa shape index (κ3) is 2.51. The van der Waals surface area contributed by atoms with E-state index >= 15 is 0 Å². The Balaban J connectivity index is 1.76. The summed E-state index contributed by atoms with van der Waals surface area (Å²) in [7, 11) is 0. The lowest BCUT2D eigenvalue weighted by atomic mass is 9.74. The molecule has 2 aliphatic rings. The maximum atomic E-state index is 11.8. The van der Waals surface area contributed by atoms with Crippen LogP contribution in [0, 0.1) is 5.92 Å². The second-order valence-electron chi connectivity index (χ2n) is 5.10. The lowest BCUT2D eigenvalue weighted by Gasteiger charge is -2.42. The molecule has 2 rings (SSSR count). The van der Waals surface area contributed by atoms with Gasteiger partial charge < -0.3 is 10.6 Å². The van der Waals surface area contributed by atoms with Gasteiger partial charge >= 0.3 is 0 Å². The number of amides is 1. The molecule has 0 aromatic rings. The molecule has 0 spiro atoms. The van der Waals surface area contributed by atoms with Gasteiger partial charge in [-0.1, -0.05) is 6.92 Å². The van der Waals surface area contributed by atoms with Gasteiger partial charge in [0.1, 0.15) is 0 Å². The second-order valence-corrected chi connectivity index (χ2v) is 5.10. The molecule has 3 heteroatoms. The number of rotatable bonds is 4. The van der Waals surface area contributed by atoms with Crippen molar-refractivity contribution >= 4 is 5.91 Å². The molecule has 0 aromatic heterocycles. The highest BCUT2D eigenvalue weighted by molar-refractivity contribution is 5.77. The van der Waals surface area contributed by atoms with E-state index in [1.54, 1.807) is 0 Å². The molecule has 0 aromatic carbocycles. The first-order valence-electron chi connectivity index (χ1n) is 6.26. The number of hydrogen-bond donors (Lipinski definition) is 2. The van der Waals surface area contributed by atoms with Gasteiger partial charge in [0.05, 0.1) is 0 Å². The van der Waals surface area contributed by atoms with E-state index in [4.69, 9.17) is 0 Å². The van der Waals surface area contributed by atoms with Crippen LogP contribution < -0.4 is 10.6 Å². The van der Waals surface area contributed by atoms with E-state index in [0.29, 0.717) is 5.92 Å². The molecule has 2 fully saturated rings. The fourth-order valence-corrected chi connectivity index (χ4v) is 2.67. The molecule has 2 N–H and O–H groups in total. The van der Waals surface area contributed by atoms with E-state index in [2.05, 4.69) is 17.6 Å². The maximum Gasteiger partial charge on any atom is 0.220 e. The van der Waals surface area contributed by atoms with Crippen molar-refractivity contribution in [2.75, 3.05) is 13.1 Å². The van der Waals surface area contributed by atoms with Gasteiger partial charge in [0.2, 0.25) is 5.91 Å². The Bertz CT molecular complexity index is 224. The molecule has 1 saturated heterocycles. The number of nitrogens with one attached hydrogen (secondary N) is 2. The average molecular weight is 210 g/mol. The zero-order valence-corrected chi connectivity index (χ0v) is 9.64. The zero-order chi connectivity index (χ0) is 10.7. The first-order chi connectivity index (χ1) is 7.24. The Morgan fingerprint density at radius 2 is 2.33 bits per heavy atom. The van der Waals surface area contributed by atoms with Crippen LogP contribution in [-0.2, 0) is 4.79 Å². The fraction of sp³-hybridized carbons (Fsp3) is 0.917. The summed E-state index contributed by atoms with van der Waals surface area (Å²) in [5.41, 5.74) is 0.170. The average Bonchev–Trinajstić information content (AvgIpc) is 2.64. The van der Waals surface area contributed by atoms with Crippen LogP contribution in [0.15, 0.2) is 0 Å². The smallest absolute Gasteiger partial charge is 0.220 e. The number of hydrogen-bond acceptors (Lipinski definition) is 2. The lowest BCUT2D eigenvalue weighted by Crippen LogP contribution is -2.53. The van der Waals surface area contributed by atoms with Crippen LogP contribution in [0.2, 0.25) is 0 Å². The normalized spacial score (nSPS) is 28.5. The molecule has 0 bridgehead atoms. The van der Waals surface area contributed by atoms with Crippen LogP contribution in [0.3, 0.4) is 0 Å².